The molecular formula is C15H19N3O4S. The molecule has 0 atom stereocenters. The molecule has 3 rings (SSSR count). The molecule has 1 heterocycles. The fourth-order valence-corrected chi connectivity index (χ4v) is 4.03. The molecule has 124 valence electrons. The van der Waals surface area contributed by atoms with Crippen LogP contribution >= 0.6 is 0 Å². The number of amides is 1. The molecule has 1 spiro atoms. The molecule has 1 aromatic carbocycles. The Labute approximate surface area is 135 Å². The Bertz CT molecular complexity index is 749. The van der Waals surface area contributed by atoms with Crippen LogP contribution < -0.4 is 4.83 Å². The van der Waals surface area contributed by atoms with Crippen molar-refractivity contribution < 1.29 is 18.3 Å². The molecule has 1 saturated heterocycles. The maximum absolute atomic E-state index is 12.2. The lowest BCUT2D eigenvalue weighted by atomic mass is 9.78. The fourth-order valence-electron chi connectivity index (χ4n) is 3.18. The third-order valence-corrected chi connectivity index (χ3v) is 5.73. The highest BCUT2D eigenvalue weighted by Crippen LogP contribution is 2.44. The number of carboxylic acid groups (broad SMARTS) is 1. The second-order valence-corrected chi connectivity index (χ2v) is 8.06. The zero-order valence-electron chi connectivity index (χ0n) is 12.8. The summed E-state index contributed by atoms with van der Waals surface area (Å²) in [5.74, 6) is 0. The van der Waals surface area contributed by atoms with E-state index in [0.29, 0.717) is 25.9 Å². The van der Waals surface area contributed by atoms with Crippen molar-refractivity contribution in [1.82, 2.24) is 9.73 Å². The van der Waals surface area contributed by atoms with Gasteiger partial charge in [-0.2, -0.15) is 13.5 Å². The zero-order chi connectivity index (χ0) is 16.7. The van der Waals surface area contributed by atoms with E-state index < -0.39 is 16.1 Å². The molecule has 2 fully saturated rings. The number of hydrogen-bond acceptors (Lipinski definition) is 4. The molecule has 0 unspecified atom stereocenters. The number of hydrogen-bond donors (Lipinski definition) is 2. The Morgan fingerprint density at radius 3 is 2.57 bits per heavy atom. The molecule has 23 heavy (non-hydrogen) atoms. The summed E-state index contributed by atoms with van der Waals surface area (Å²) in [4.78, 5) is 14.7. The van der Waals surface area contributed by atoms with E-state index in [1.165, 1.54) is 4.90 Å². The molecule has 0 bridgehead atoms. The van der Waals surface area contributed by atoms with Gasteiger partial charge in [0.05, 0.1) is 4.90 Å². The first-order chi connectivity index (χ1) is 10.8. The van der Waals surface area contributed by atoms with Gasteiger partial charge in [0, 0.05) is 24.2 Å². The first-order valence-electron chi connectivity index (χ1n) is 7.42. The predicted octanol–water partition coefficient (Wildman–Crippen LogP) is 1.79. The van der Waals surface area contributed by atoms with Gasteiger partial charge in [0.25, 0.3) is 10.0 Å². The summed E-state index contributed by atoms with van der Waals surface area (Å²) in [6, 6.07) is 6.57. The van der Waals surface area contributed by atoms with Gasteiger partial charge in [0.2, 0.25) is 0 Å². The summed E-state index contributed by atoms with van der Waals surface area (Å²) in [6.07, 6.45) is 1.29. The number of likely N-dealkylation sites (tertiary alicyclic amines) is 1. The average molecular weight is 337 g/mol. The van der Waals surface area contributed by atoms with Crippen LogP contribution in [0.2, 0.25) is 0 Å². The minimum absolute atomic E-state index is 0.0491. The zero-order valence-corrected chi connectivity index (χ0v) is 13.6. The summed E-state index contributed by atoms with van der Waals surface area (Å²) >= 11 is 0. The van der Waals surface area contributed by atoms with Gasteiger partial charge in [-0.1, -0.05) is 17.7 Å². The lowest BCUT2D eigenvalue weighted by Gasteiger charge is -2.46. The van der Waals surface area contributed by atoms with E-state index in [0.717, 1.165) is 17.7 Å². The normalized spacial score (nSPS) is 21.4. The molecule has 1 aliphatic carbocycles. The topological polar surface area (TPSA) is 99.1 Å². The number of carbonyl (C=O) groups is 1. The van der Waals surface area contributed by atoms with Crippen LogP contribution in [0, 0.1) is 12.3 Å². The standard InChI is InChI=1S/C15H19N3O4S/c1-11-2-4-13(5-3-11)23(21,22)17-16-12-6-7-15(8-12)9-18(10-15)14(19)20/h2-5,17H,6-10H2,1H3,(H,19,20). The molecule has 8 heteroatoms. The third-order valence-electron chi connectivity index (χ3n) is 4.50. The van der Waals surface area contributed by atoms with E-state index in [1.54, 1.807) is 24.3 Å². The van der Waals surface area contributed by atoms with Crippen LogP contribution in [-0.4, -0.2) is 43.3 Å². The Kier molecular flexibility index (Phi) is 3.79. The minimum atomic E-state index is -3.66. The lowest BCUT2D eigenvalue weighted by Crippen LogP contribution is -2.56. The largest absolute Gasteiger partial charge is 0.465 e. The second-order valence-electron chi connectivity index (χ2n) is 6.40. The maximum atomic E-state index is 12.2. The number of nitrogens with one attached hydrogen (secondary N) is 1. The van der Waals surface area contributed by atoms with E-state index in [1.807, 2.05) is 6.92 Å². The number of aryl methyl sites for hydroxylation is 1. The molecular weight excluding hydrogens is 318 g/mol. The Hall–Kier alpha value is -2.09. The van der Waals surface area contributed by atoms with Crippen molar-refractivity contribution >= 4 is 21.8 Å². The number of sulfonamides is 1. The molecule has 0 aromatic heterocycles. The number of rotatable bonds is 3. The van der Waals surface area contributed by atoms with Gasteiger partial charge < -0.3 is 10.0 Å². The van der Waals surface area contributed by atoms with Crippen molar-refractivity contribution in [1.29, 1.82) is 0 Å². The summed E-state index contributed by atoms with van der Waals surface area (Å²) in [6.45, 7) is 2.90. The van der Waals surface area contributed by atoms with Crippen LogP contribution in [0.15, 0.2) is 34.3 Å². The minimum Gasteiger partial charge on any atom is -0.465 e. The van der Waals surface area contributed by atoms with E-state index in [9.17, 15) is 13.2 Å². The van der Waals surface area contributed by atoms with Crippen LogP contribution in [0.1, 0.15) is 24.8 Å². The second kappa shape index (κ2) is 5.52. The molecule has 1 aromatic rings. The number of benzene rings is 1. The number of hydrazone groups is 1. The van der Waals surface area contributed by atoms with Crippen molar-refractivity contribution in [3.8, 4) is 0 Å². The van der Waals surface area contributed by atoms with E-state index in [2.05, 4.69) is 9.93 Å². The van der Waals surface area contributed by atoms with Crippen molar-refractivity contribution in [2.24, 2.45) is 10.5 Å². The van der Waals surface area contributed by atoms with Crippen LogP contribution in [0.25, 0.3) is 0 Å². The van der Waals surface area contributed by atoms with Crippen LogP contribution in [0.5, 0.6) is 0 Å². The monoisotopic (exact) mass is 337 g/mol. The molecule has 2 N–H and O–H groups in total. The van der Waals surface area contributed by atoms with Crippen molar-refractivity contribution in [3.05, 3.63) is 29.8 Å². The molecule has 2 aliphatic rings. The lowest BCUT2D eigenvalue weighted by molar-refractivity contribution is 0.0183. The first kappa shape index (κ1) is 15.8. The summed E-state index contributed by atoms with van der Waals surface area (Å²) in [5, 5.41) is 13.0. The maximum Gasteiger partial charge on any atom is 0.407 e. The van der Waals surface area contributed by atoms with Gasteiger partial charge in [-0.25, -0.2) is 9.63 Å². The Morgan fingerprint density at radius 2 is 1.96 bits per heavy atom. The van der Waals surface area contributed by atoms with Crippen LogP contribution in [-0.2, 0) is 10.0 Å². The Balaban J connectivity index is 1.63. The smallest absolute Gasteiger partial charge is 0.407 e. The van der Waals surface area contributed by atoms with E-state index in [-0.39, 0.29) is 10.3 Å². The molecule has 0 radical (unpaired) electrons. The quantitative estimate of drug-likeness (QED) is 0.821. The molecule has 1 saturated carbocycles. The van der Waals surface area contributed by atoms with Gasteiger partial charge in [-0.3, -0.25) is 0 Å². The molecule has 1 amide bonds. The highest BCUT2D eigenvalue weighted by molar-refractivity contribution is 7.89. The van der Waals surface area contributed by atoms with Gasteiger partial charge in [0.1, 0.15) is 0 Å². The van der Waals surface area contributed by atoms with Gasteiger partial charge >= 0.3 is 6.09 Å². The summed E-state index contributed by atoms with van der Waals surface area (Å²) in [7, 11) is -3.66. The van der Waals surface area contributed by atoms with Crippen molar-refractivity contribution in [3.63, 3.8) is 0 Å². The highest BCUT2D eigenvalue weighted by atomic mass is 32.2. The van der Waals surface area contributed by atoms with Crippen molar-refractivity contribution in [2.45, 2.75) is 31.1 Å². The first-order valence-corrected chi connectivity index (χ1v) is 8.90. The van der Waals surface area contributed by atoms with Gasteiger partial charge in [-0.15, -0.1) is 0 Å². The van der Waals surface area contributed by atoms with E-state index in [4.69, 9.17) is 5.11 Å². The molecule has 1 aliphatic heterocycles. The number of nitrogens with zero attached hydrogens (tertiary/aromatic N) is 2. The van der Waals surface area contributed by atoms with Crippen LogP contribution in [0.4, 0.5) is 4.79 Å². The fraction of sp³-hybridized carbons (Fsp3) is 0.467. The van der Waals surface area contributed by atoms with Gasteiger partial charge in [-0.05, 0) is 38.3 Å². The van der Waals surface area contributed by atoms with Gasteiger partial charge in [0.15, 0.2) is 0 Å². The summed E-state index contributed by atoms with van der Waals surface area (Å²) in [5.41, 5.74) is 1.72. The predicted molar refractivity (Wildman–Crippen MR) is 84.8 cm³/mol. The average Bonchev–Trinajstić information content (AvgIpc) is 2.89. The summed E-state index contributed by atoms with van der Waals surface area (Å²) < 4.78 is 24.4. The molecule has 7 nitrogen and oxygen atoms in total. The van der Waals surface area contributed by atoms with E-state index >= 15 is 0 Å². The SMILES string of the molecule is Cc1ccc(S(=O)(=O)NN=C2CCC3(C2)CN(C(=O)O)C3)cc1. The highest BCUT2D eigenvalue weighted by Gasteiger charge is 2.48. The Morgan fingerprint density at radius 1 is 1.30 bits per heavy atom. The van der Waals surface area contributed by atoms with Crippen molar-refractivity contribution in [2.75, 3.05) is 13.1 Å². The van der Waals surface area contributed by atoms with Crippen LogP contribution in [0.3, 0.4) is 0 Å². The third kappa shape index (κ3) is 3.17.